The SMILES string of the molecule is CC(=Cc1oc2ccc(-c3ccccc3)cc2[n+]1CCCS(=O)(=O)O)C=C1Oc2ccc(Cl)cc2[N+]12CCC2S(=O)(=O)O. The maximum atomic E-state index is 12.4. The molecule has 0 amide bonds. The molecule has 4 aromatic rings. The number of ether oxygens (including phenoxy) is 1. The molecule has 2 atom stereocenters. The molecule has 3 aromatic carbocycles. The summed E-state index contributed by atoms with van der Waals surface area (Å²) in [5, 5.41) is -0.725. The molecule has 1 spiro atoms. The molecule has 0 aliphatic carbocycles. The van der Waals surface area contributed by atoms with Crippen molar-refractivity contribution in [1.29, 1.82) is 0 Å². The molecule has 6 rings (SSSR count). The molecule has 2 unspecified atom stereocenters. The van der Waals surface area contributed by atoms with E-state index in [1.807, 2.05) is 53.1 Å². The molecule has 1 aromatic heterocycles. The zero-order chi connectivity index (χ0) is 30.6. The number of aryl methyl sites for hydroxylation is 1. The van der Waals surface area contributed by atoms with E-state index >= 15 is 0 Å². The lowest BCUT2D eigenvalue weighted by molar-refractivity contribution is -0.677. The zero-order valence-corrected chi connectivity index (χ0v) is 25.4. The smallest absolute Gasteiger partial charge is 0.374 e. The minimum absolute atomic E-state index is 0.143. The second-order valence-electron chi connectivity index (χ2n) is 10.7. The predicted molar refractivity (Wildman–Crippen MR) is 163 cm³/mol. The highest BCUT2D eigenvalue weighted by Gasteiger charge is 2.63. The zero-order valence-electron chi connectivity index (χ0n) is 23.1. The third-order valence-electron chi connectivity index (χ3n) is 7.85. The number of halogens is 1. The molecule has 224 valence electrons. The van der Waals surface area contributed by atoms with Crippen LogP contribution in [0.15, 0.2) is 88.7 Å². The lowest BCUT2D eigenvalue weighted by Gasteiger charge is -2.45. The van der Waals surface area contributed by atoms with Crippen LogP contribution in [0, 0.1) is 0 Å². The number of fused-ring (bicyclic) bond motifs is 3. The van der Waals surface area contributed by atoms with Gasteiger partial charge >= 0.3 is 21.9 Å². The van der Waals surface area contributed by atoms with Gasteiger partial charge in [-0.1, -0.05) is 48.0 Å². The van der Waals surface area contributed by atoms with Crippen LogP contribution in [0.5, 0.6) is 5.75 Å². The van der Waals surface area contributed by atoms with Crippen molar-refractivity contribution in [2.75, 3.05) is 12.3 Å². The lowest BCUT2D eigenvalue weighted by Crippen LogP contribution is -2.67. The van der Waals surface area contributed by atoms with Crippen LogP contribution in [-0.2, 0) is 26.8 Å². The summed E-state index contributed by atoms with van der Waals surface area (Å²) < 4.78 is 80.9. The molecule has 1 fully saturated rings. The Bertz CT molecular complexity index is 2020. The topological polar surface area (TPSA) is 135 Å². The van der Waals surface area contributed by atoms with Crippen LogP contribution in [0.1, 0.15) is 25.7 Å². The number of benzene rings is 3. The van der Waals surface area contributed by atoms with Gasteiger partial charge in [-0.05, 0) is 41.8 Å². The first-order valence-corrected chi connectivity index (χ1v) is 17.0. The number of aromatic nitrogens is 1. The van der Waals surface area contributed by atoms with Crippen LogP contribution in [0.2, 0.25) is 5.02 Å². The largest absolute Gasteiger partial charge is 0.406 e. The Morgan fingerprint density at radius 3 is 2.49 bits per heavy atom. The van der Waals surface area contributed by atoms with Crippen molar-refractivity contribution in [1.82, 2.24) is 4.48 Å². The van der Waals surface area contributed by atoms with Gasteiger partial charge in [0.05, 0.1) is 24.8 Å². The summed E-state index contributed by atoms with van der Waals surface area (Å²) >= 11 is 6.25. The fourth-order valence-corrected chi connectivity index (χ4v) is 7.67. The summed E-state index contributed by atoms with van der Waals surface area (Å²) in [5.41, 5.74) is 4.47. The monoisotopic (exact) mass is 644 g/mol. The molecule has 0 radical (unpaired) electrons. The highest BCUT2D eigenvalue weighted by molar-refractivity contribution is 7.86. The van der Waals surface area contributed by atoms with Crippen molar-refractivity contribution < 1.29 is 39.7 Å². The number of hydrogen-bond donors (Lipinski definition) is 2. The first-order chi connectivity index (χ1) is 20.3. The number of hydrogen-bond acceptors (Lipinski definition) is 6. The van der Waals surface area contributed by atoms with Gasteiger partial charge in [0.1, 0.15) is 0 Å². The van der Waals surface area contributed by atoms with Gasteiger partial charge in [0.2, 0.25) is 11.0 Å². The van der Waals surface area contributed by atoms with Gasteiger partial charge in [-0.3, -0.25) is 9.11 Å². The van der Waals surface area contributed by atoms with Crippen LogP contribution < -0.4 is 13.8 Å². The first-order valence-electron chi connectivity index (χ1n) is 13.5. The molecule has 2 N–H and O–H groups in total. The van der Waals surface area contributed by atoms with Crippen molar-refractivity contribution in [2.45, 2.75) is 31.7 Å². The van der Waals surface area contributed by atoms with Gasteiger partial charge in [-0.15, -0.1) is 0 Å². The average molecular weight is 645 g/mol. The van der Waals surface area contributed by atoms with Gasteiger partial charge in [0.15, 0.2) is 18.0 Å². The standard InChI is InChI=1S/C30H27ClN2O8S2/c1-20(17-29-33(14-12-30(33)43(37,38)39)25-19-23(31)9-11-27(25)41-29)16-28-32(13-5-15-42(34,35)36)24-18-22(8-10-26(24)40-28)21-6-3-2-4-7-21/h2-4,6-11,16-19,30H,5,12-15H2,1H3/p+2. The number of quaternary nitrogens is 1. The highest BCUT2D eigenvalue weighted by atomic mass is 35.5. The maximum absolute atomic E-state index is 12.4. The Balaban J connectivity index is 1.43. The first kappa shape index (κ1) is 29.5. The van der Waals surface area contributed by atoms with Crippen molar-refractivity contribution in [3.63, 3.8) is 0 Å². The molecule has 13 heteroatoms. The van der Waals surface area contributed by atoms with E-state index in [4.69, 9.17) is 20.8 Å². The van der Waals surface area contributed by atoms with Crippen molar-refractivity contribution >= 4 is 54.7 Å². The quantitative estimate of drug-likeness (QED) is 0.144. The van der Waals surface area contributed by atoms with Gasteiger partial charge in [-0.25, -0.2) is 4.48 Å². The van der Waals surface area contributed by atoms with Crippen LogP contribution in [0.4, 0.5) is 5.69 Å². The van der Waals surface area contributed by atoms with Crippen molar-refractivity contribution in [3.8, 4) is 16.9 Å². The molecule has 1 saturated heterocycles. The van der Waals surface area contributed by atoms with E-state index in [-0.39, 0.29) is 23.9 Å². The molecule has 0 saturated carbocycles. The second-order valence-corrected chi connectivity index (χ2v) is 14.3. The summed E-state index contributed by atoms with van der Waals surface area (Å²) in [6, 6.07) is 20.5. The van der Waals surface area contributed by atoms with E-state index in [1.54, 1.807) is 37.3 Å². The van der Waals surface area contributed by atoms with Gasteiger partial charge in [0, 0.05) is 29.7 Å². The molecule has 0 bridgehead atoms. The Morgan fingerprint density at radius 1 is 1.05 bits per heavy atom. The predicted octanol–water partition coefficient (Wildman–Crippen LogP) is 5.58. The summed E-state index contributed by atoms with van der Waals surface area (Å²) in [5.74, 6) is 0.780. The Labute approximate surface area is 254 Å². The molecule has 2 aliphatic heterocycles. The lowest BCUT2D eigenvalue weighted by atomic mass is 10.1. The van der Waals surface area contributed by atoms with Crippen LogP contribution in [-0.4, -0.2) is 43.6 Å². The normalized spacial score (nSPS) is 21.3. The summed E-state index contributed by atoms with van der Waals surface area (Å²) in [6.07, 6.45) is 3.84. The van der Waals surface area contributed by atoms with Gasteiger partial charge in [-0.2, -0.15) is 21.4 Å². The maximum Gasteiger partial charge on any atom is 0.374 e. The van der Waals surface area contributed by atoms with Crippen molar-refractivity contribution in [2.24, 2.45) is 0 Å². The van der Waals surface area contributed by atoms with E-state index in [2.05, 4.69) is 0 Å². The third-order valence-corrected chi connectivity index (χ3v) is 10.2. The minimum atomic E-state index is -4.42. The fourth-order valence-electron chi connectivity index (χ4n) is 5.83. The third kappa shape index (κ3) is 5.62. The fraction of sp³-hybridized carbons (Fsp3) is 0.233. The Morgan fingerprint density at radius 2 is 1.81 bits per heavy atom. The number of rotatable bonds is 8. The molecule has 10 nitrogen and oxygen atoms in total. The summed E-state index contributed by atoms with van der Waals surface area (Å²) in [4.78, 5) is 0. The number of allylic oxidation sites excluding steroid dienone is 2. The minimum Gasteiger partial charge on any atom is -0.406 e. The van der Waals surface area contributed by atoms with E-state index in [0.717, 1.165) is 16.6 Å². The summed E-state index contributed by atoms with van der Waals surface area (Å²) in [7, 11) is -8.57. The van der Waals surface area contributed by atoms with E-state index < -0.39 is 31.4 Å². The molecular weight excluding hydrogens is 616 g/mol. The molecule has 43 heavy (non-hydrogen) atoms. The van der Waals surface area contributed by atoms with Crippen LogP contribution >= 0.6 is 11.6 Å². The molecule has 3 heterocycles. The van der Waals surface area contributed by atoms with Gasteiger partial charge < -0.3 is 9.15 Å². The summed E-state index contributed by atoms with van der Waals surface area (Å²) in [6.45, 7) is 2.43. The van der Waals surface area contributed by atoms with Gasteiger partial charge in [0.25, 0.3) is 15.6 Å². The van der Waals surface area contributed by atoms with E-state index in [9.17, 15) is 25.9 Å². The van der Waals surface area contributed by atoms with E-state index in [1.165, 1.54) is 0 Å². The van der Waals surface area contributed by atoms with Crippen LogP contribution in [0.3, 0.4) is 0 Å². The van der Waals surface area contributed by atoms with Crippen molar-refractivity contribution in [3.05, 3.63) is 95.2 Å². The number of nitrogens with zero attached hydrogens (tertiary/aromatic N) is 2. The molecular formula is C30H29ClN2O8S2+2. The number of oxazole rings is 1. The second kappa shape index (κ2) is 10.9. The molecule has 2 aliphatic rings. The Kier molecular flexibility index (Phi) is 7.48. The Hall–Kier alpha value is -3.52. The highest BCUT2D eigenvalue weighted by Crippen LogP contribution is 2.53. The van der Waals surface area contributed by atoms with Crippen LogP contribution in [0.25, 0.3) is 28.3 Å². The van der Waals surface area contributed by atoms with E-state index in [0.29, 0.717) is 45.9 Å². The average Bonchev–Trinajstić information content (AvgIpc) is 3.41.